The molecular weight excluding hydrogens is 208 g/mol. The topological polar surface area (TPSA) is 74.6 Å². The van der Waals surface area contributed by atoms with Gasteiger partial charge >= 0.3 is 11.9 Å². The summed E-state index contributed by atoms with van der Waals surface area (Å²) in [6, 6.07) is 0. The Labute approximate surface area is 87.7 Å². The van der Waals surface area contributed by atoms with Crippen molar-refractivity contribution in [1.29, 1.82) is 0 Å². The summed E-state index contributed by atoms with van der Waals surface area (Å²) in [7, 11) is 0. The van der Waals surface area contributed by atoms with Crippen LogP contribution in [-0.2, 0) is 9.59 Å². The predicted octanol–water partition coefficient (Wildman–Crippen LogP) is 1.53. The van der Waals surface area contributed by atoms with Crippen LogP contribution in [0.3, 0.4) is 0 Å². The van der Waals surface area contributed by atoms with E-state index >= 15 is 0 Å². The molecule has 0 saturated heterocycles. The molecule has 0 bridgehead atoms. The van der Waals surface area contributed by atoms with Crippen molar-refractivity contribution < 1.29 is 19.8 Å². The summed E-state index contributed by atoms with van der Waals surface area (Å²) in [6.45, 7) is 0. The van der Waals surface area contributed by atoms with E-state index in [-0.39, 0.29) is 17.8 Å². The molecule has 0 unspecified atom stereocenters. The highest BCUT2D eigenvalue weighted by Gasteiger charge is 2.65. The van der Waals surface area contributed by atoms with Crippen LogP contribution in [0.1, 0.15) is 32.1 Å². The van der Waals surface area contributed by atoms with Gasteiger partial charge in [-0.15, -0.1) is 12.4 Å². The third-order valence-corrected chi connectivity index (χ3v) is 3.59. The van der Waals surface area contributed by atoms with Crippen LogP contribution in [-0.4, -0.2) is 22.2 Å². The monoisotopic (exact) mass is 220 g/mol. The highest BCUT2D eigenvalue weighted by Crippen LogP contribution is 2.64. The summed E-state index contributed by atoms with van der Waals surface area (Å²) in [5.41, 5.74) is -1.38. The average Bonchev–Trinajstić information content (AvgIpc) is 1.78. The van der Waals surface area contributed by atoms with Crippen molar-refractivity contribution in [2.24, 2.45) is 10.8 Å². The van der Waals surface area contributed by atoms with Crippen molar-refractivity contribution in [3.8, 4) is 0 Å². The van der Waals surface area contributed by atoms with Crippen LogP contribution in [0.2, 0.25) is 0 Å². The van der Waals surface area contributed by atoms with Crippen LogP contribution in [0.4, 0.5) is 0 Å². The van der Waals surface area contributed by atoms with E-state index in [1.54, 1.807) is 0 Å². The lowest BCUT2D eigenvalue weighted by Crippen LogP contribution is -2.58. The summed E-state index contributed by atoms with van der Waals surface area (Å²) in [5, 5.41) is 17.7. The Morgan fingerprint density at radius 2 is 1.43 bits per heavy atom. The fraction of sp³-hybridized carbons (Fsp3) is 0.778. The van der Waals surface area contributed by atoms with E-state index in [4.69, 9.17) is 10.2 Å². The van der Waals surface area contributed by atoms with Crippen molar-refractivity contribution in [3.05, 3.63) is 0 Å². The molecule has 1 spiro atoms. The fourth-order valence-corrected chi connectivity index (χ4v) is 2.65. The van der Waals surface area contributed by atoms with Gasteiger partial charge in [0.2, 0.25) is 0 Å². The molecule has 0 aromatic heterocycles. The quantitative estimate of drug-likeness (QED) is 0.692. The Kier molecular flexibility index (Phi) is 2.52. The van der Waals surface area contributed by atoms with Gasteiger partial charge in [-0.1, -0.05) is 6.42 Å². The summed E-state index contributed by atoms with van der Waals surface area (Å²) in [4.78, 5) is 21.6. The lowest BCUT2D eigenvalue weighted by Gasteiger charge is -2.57. The minimum Gasteiger partial charge on any atom is -0.480 e. The largest absolute Gasteiger partial charge is 0.480 e. The number of aliphatic carboxylic acids is 2. The molecule has 0 atom stereocenters. The number of carbonyl (C=O) groups is 2. The van der Waals surface area contributed by atoms with Crippen molar-refractivity contribution >= 4 is 24.3 Å². The van der Waals surface area contributed by atoms with Gasteiger partial charge in [0.1, 0.15) is 0 Å². The van der Waals surface area contributed by atoms with Gasteiger partial charge in [0, 0.05) is 0 Å². The molecule has 14 heavy (non-hydrogen) atoms. The van der Waals surface area contributed by atoms with E-state index in [0.29, 0.717) is 12.8 Å². The maximum absolute atomic E-state index is 10.8. The van der Waals surface area contributed by atoms with Gasteiger partial charge in [0.15, 0.2) is 5.41 Å². The minimum absolute atomic E-state index is 0. The Bertz CT molecular complexity index is 259. The normalized spacial score (nSPS) is 25.4. The number of halogens is 1. The van der Waals surface area contributed by atoms with Gasteiger partial charge < -0.3 is 10.2 Å². The predicted molar refractivity (Wildman–Crippen MR) is 50.5 cm³/mol. The van der Waals surface area contributed by atoms with Crippen LogP contribution >= 0.6 is 12.4 Å². The highest BCUT2D eigenvalue weighted by molar-refractivity contribution is 5.99. The second-order valence-electron chi connectivity index (χ2n) is 4.40. The molecule has 0 aliphatic heterocycles. The number of hydrogen-bond acceptors (Lipinski definition) is 2. The molecule has 0 aromatic rings. The first-order valence-corrected chi connectivity index (χ1v) is 4.48. The Hall–Kier alpha value is -0.770. The Morgan fingerprint density at radius 3 is 1.64 bits per heavy atom. The van der Waals surface area contributed by atoms with Crippen LogP contribution < -0.4 is 0 Å². The zero-order valence-electron chi connectivity index (χ0n) is 7.65. The van der Waals surface area contributed by atoms with E-state index in [9.17, 15) is 9.59 Å². The Balaban J connectivity index is 0.000000980. The first kappa shape index (κ1) is 11.3. The van der Waals surface area contributed by atoms with Crippen molar-refractivity contribution in [2.75, 3.05) is 0 Å². The molecule has 0 radical (unpaired) electrons. The van der Waals surface area contributed by atoms with Crippen molar-refractivity contribution in [2.45, 2.75) is 32.1 Å². The smallest absolute Gasteiger partial charge is 0.321 e. The van der Waals surface area contributed by atoms with Crippen LogP contribution in [0.5, 0.6) is 0 Å². The van der Waals surface area contributed by atoms with Crippen molar-refractivity contribution in [3.63, 3.8) is 0 Å². The molecule has 5 heteroatoms. The number of rotatable bonds is 2. The van der Waals surface area contributed by atoms with Gasteiger partial charge in [-0.05, 0) is 31.1 Å². The third kappa shape index (κ3) is 1.21. The molecule has 0 aromatic carbocycles. The summed E-state index contributed by atoms with van der Waals surface area (Å²) >= 11 is 0. The lowest BCUT2D eigenvalue weighted by atomic mass is 9.45. The third-order valence-electron chi connectivity index (χ3n) is 3.59. The van der Waals surface area contributed by atoms with Gasteiger partial charge in [-0.2, -0.15) is 0 Å². The van der Waals surface area contributed by atoms with Gasteiger partial charge in [0.05, 0.1) is 0 Å². The molecule has 2 aliphatic rings. The second-order valence-corrected chi connectivity index (χ2v) is 4.40. The standard InChI is InChI=1S/C9H12O4.ClH/c10-6(11)9(7(12)13)4-8(5-9)2-1-3-8;/h1-5H2,(H,10,11)(H,12,13);1H. The van der Waals surface area contributed by atoms with E-state index in [1.165, 1.54) is 0 Å². The zero-order valence-corrected chi connectivity index (χ0v) is 8.47. The summed E-state index contributed by atoms with van der Waals surface area (Å²) in [6.07, 6.45) is 3.81. The molecular formula is C9H13ClO4. The minimum atomic E-state index is -1.46. The maximum Gasteiger partial charge on any atom is 0.321 e. The molecule has 2 saturated carbocycles. The Morgan fingerprint density at radius 1 is 1.00 bits per heavy atom. The SMILES string of the molecule is Cl.O=C(O)C1(C(=O)O)CC2(CCC2)C1. The second kappa shape index (κ2) is 3.12. The van der Waals surface area contributed by atoms with Crippen molar-refractivity contribution in [1.82, 2.24) is 0 Å². The van der Waals surface area contributed by atoms with Crippen LogP contribution in [0, 0.1) is 10.8 Å². The average molecular weight is 221 g/mol. The number of carboxylic acid groups (broad SMARTS) is 2. The molecule has 4 nitrogen and oxygen atoms in total. The van der Waals surface area contributed by atoms with E-state index in [2.05, 4.69) is 0 Å². The fourth-order valence-electron chi connectivity index (χ4n) is 2.65. The molecule has 0 heterocycles. The zero-order chi connectivity index (χ0) is 9.69. The summed E-state index contributed by atoms with van der Waals surface area (Å²) in [5.74, 6) is -2.34. The molecule has 80 valence electrons. The van der Waals surface area contributed by atoms with Gasteiger partial charge in [0.25, 0.3) is 0 Å². The maximum atomic E-state index is 10.8. The molecule has 2 aliphatic carbocycles. The van der Waals surface area contributed by atoms with E-state index in [0.717, 1.165) is 19.3 Å². The van der Waals surface area contributed by atoms with Crippen LogP contribution in [0.25, 0.3) is 0 Å². The molecule has 2 rings (SSSR count). The first-order chi connectivity index (χ1) is 6.01. The molecule has 0 amide bonds. The lowest BCUT2D eigenvalue weighted by molar-refractivity contribution is -0.191. The number of hydrogen-bond donors (Lipinski definition) is 2. The van der Waals surface area contributed by atoms with Gasteiger partial charge in [-0.3, -0.25) is 9.59 Å². The van der Waals surface area contributed by atoms with E-state index in [1.807, 2.05) is 0 Å². The highest BCUT2D eigenvalue weighted by atomic mass is 35.5. The first-order valence-electron chi connectivity index (χ1n) is 4.48. The molecule has 2 N–H and O–H groups in total. The van der Waals surface area contributed by atoms with Gasteiger partial charge in [-0.25, -0.2) is 0 Å². The van der Waals surface area contributed by atoms with Crippen LogP contribution in [0.15, 0.2) is 0 Å². The summed E-state index contributed by atoms with van der Waals surface area (Å²) < 4.78 is 0. The number of carboxylic acids is 2. The van der Waals surface area contributed by atoms with E-state index < -0.39 is 17.4 Å². The molecule has 2 fully saturated rings.